The summed E-state index contributed by atoms with van der Waals surface area (Å²) in [5.74, 6) is 4.41. The number of allylic oxidation sites excluding steroid dienone is 1. The van der Waals surface area contributed by atoms with Crippen molar-refractivity contribution in [2.24, 2.45) is 56.7 Å². The molecule has 170 valence electrons. The molecule has 0 N–H and O–H groups in total. The van der Waals surface area contributed by atoms with Gasteiger partial charge < -0.3 is 0 Å². The fraction of sp³-hybridized carbons (Fsp3) is 0.933. The minimum atomic E-state index is 0.529. The molecule has 5 rings (SSSR count). The lowest BCUT2D eigenvalue weighted by molar-refractivity contribution is -0.241. The molecule has 0 nitrogen and oxygen atoms in total. The average Bonchev–Trinajstić information content (AvgIpc) is 2.65. The van der Waals surface area contributed by atoms with Crippen LogP contribution in [0, 0.1) is 56.7 Å². The largest absolute Gasteiger partial charge is 0.0996 e. The molecule has 0 saturated heterocycles. The quantitative estimate of drug-likeness (QED) is 0.349. The fourth-order valence-electron chi connectivity index (χ4n) is 11.5. The maximum Gasteiger partial charge on any atom is -0.0198 e. The van der Waals surface area contributed by atoms with Crippen LogP contribution < -0.4 is 0 Å². The summed E-state index contributed by atoms with van der Waals surface area (Å²) < 4.78 is 0. The molecule has 4 unspecified atom stereocenters. The summed E-state index contributed by atoms with van der Waals surface area (Å²) in [6.07, 6.45) is 16.0. The maximum atomic E-state index is 4.56. The first-order valence-corrected chi connectivity index (χ1v) is 13.6. The normalized spacial score (nSPS) is 57.6. The lowest BCUT2D eigenvalue weighted by Gasteiger charge is -2.73. The predicted octanol–water partition coefficient (Wildman–Crippen LogP) is 9.05. The van der Waals surface area contributed by atoms with Crippen molar-refractivity contribution in [2.75, 3.05) is 0 Å². The average molecular weight is 411 g/mol. The van der Waals surface area contributed by atoms with Crippen molar-refractivity contribution >= 4 is 0 Å². The van der Waals surface area contributed by atoms with E-state index in [1.807, 2.05) is 0 Å². The monoisotopic (exact) mass is 410 g/mol. The summed E-state index contributed by atoms with van der Waals surface area (Å²) in [6.45, 7) is 23.3. The molecule has 9 atom stereocenters. The van der Waals surface area contributed by atoms with E-state index in [-0.39, 0.29) is 0 Å². The van der Waals surface area contributed by atoms with E-state index in [9.17, 15) is 0 Å². The van der Waals surface area contributed by atoms with Gasteiger partial charge in [0.2, 0.25) is 0 Å². The van der Waals surface area contributed by atoms with Crippen LogP contribution in [0.5, 0.6) is 0 Å². The van der Waals surface area contributed by atoms with Gasteiger partial charge >= 0.3 is 0 Å². The van der Waals surface area contributed by atoms with Crippen molar-refractivity contribution in [3.63, 3.8) is 0 Å². The third-order valence-corrected chi connectivity index (χ3v) is 13.3. The van der Waals surface area contributed by atoms with Crippen LogP contribution in [-0.2, 0) is 0 Å². The van der Waals surface area contributed by atoms with Gasteiger partial charge in [-0.3, -0.25) is 0 Å². The van der Waals surface area contributed by atoms with E-state index in [4.69, 9.17) is 0 Å². The Hall–Kier alpha value is -0.260. The van der Waals surface area contributed by atoms with E-state index < -0.39 is 0 Å². The number of hydrogen-bond acceptors (Lipinski definition) is 0. The highest BCUT2D eigenvalue weighted by Crippen LogP contribution is 2.76. The zero-order chi connectivity index (χ0) is 21.7. The van der Waals surface area contributed by atoms with Gasteiger partial charge in [0, 0.05) is 0 Å². The highest BCUT2D eigenvalue weighted by Gasteiger charge is 2.69. The standard InChI is InChI=1S/C30H50/c1-20-12-16-27(5)18-19-29(7)22(25(27)21(20)2)10-11-24-28(6)15-9-14-26(3,4)23(28)13-17-30(24,29)8/h21-25H,1,9-19H2,2-8H3/t21-,22?,23?,24?,25?,27-,28+,29-,30-/m1/s1. The van der Waals surface area contributed by atoms with Crippen LogP contribution in [0.25, 0.3) is 0 Å². The van der Waals surface area contributed by atoms with Gasteiger partial charge in [-0.25, -0.2) is 0 Å². The first-order valence-electron chi connectivity index (χ1n) is 13.6. The zero-order valence-electron chi connectivity index (χ0n) is 21.4. The van der Waals surface area contributed by atoms with Crippen molar-refractivity contribution in [3.8, 4) is 0 Å². The van der Waals surface area contributed by atoms with Crippen molar-refractivity contribution in [2.45, 2.75) is 119 Å². The van der Waals surface area contributed by atoms with Crippen LogP contribution >= 0.6 is 0 Å². The molecule has 5 fully saturated rings. The van der Waals surface area contributed by atoms with Crippen LogP contribution in [0.2, 0.25) is 0 Å². The molecule has 5 aliphatic carbocycles. The van der Waals surface area contributed by atoms with Gasteiger partial charge in [-0.2, -0.15) is 0 Å². The van der Waals surface area contributed by atoms with Crippen molar-refractivity contribution in [1.82, 2.24) is 0 Å². The highest BCUT2D eigenvalue weighted by molar-refractivity contribution is 5.20. The highest BCUT2D eigenvalue weighted by atomic mass is 14.7. The van der Waals surface area contributed by atoms with E-state index in [2.05, 4.69) is 55.0 Å². The Kier molecular flexibility index (Phi) is 4.61. The van der Waals surface area contributed by atoms with E-state index in [1.165, 1.54) is 70.6 Å². The third kappa shape index (κ3) is 2.52. The Morgan fingerprint density at radius 2 is 1.47 bits per heavy atom. The Balaban J connectivity index is 1.55. The minimum Gasteiger partial charge on any atom is -0.0996 e. The molecule has 0 spiro atoms. The molecular formula is C30H50. The Bertz CT molecular complexity index is 730. The van der Waals surface area contributed by atoms with Crippen molar-refractivity contribution in [1.29, 1.82) is 0 Å². The number of fused-ring (bicyclic) bond motifs is 7. The van der Waals surface area contributed by atoms with Crippen LogP contribution in [0.1, 0.15) is 119 Å². The first kappa shape index (κ1) is 21.6. The molecule has 0 heterocycles. The number of rotatable bonds is 0. The van der Waals surface area contributed by atoms with Crippen LogP contribution in [0.3, 0.4) is 0 Å². The van der Waals surface area contributed by atoms with Crippen LogP contribution in [-0.4, -0.2) is 0 Å². The second kappa shape index (κ2) is 6.41. The van der Waals surface area contributed by atoms with Crippen molar-refractivity contribution in [3.05, 3.63) is 12.2 Å². The summed E-state index contributed by atoms with van der Waals surface area (Å²) in [5.41, 5.74) is 4.33. The molecule has 0 amide bonds. The Morgan fingerprint density at radius 3 is 2.20 bits per heavy atom. The summed E-state index contributed by atoms with van der Waals surface area (Å²) in [7, 11) is 0. The second-order valence-electron chi connectivity index (χ2n) is 14.6. The summed E-state index contributed by atoms with van der Waals surface area (Å²) in [5, 5.41) is 0. The van der Waals surface area contributed by atoms with Crippen molar-refractivity contribution < 1.29 is 0 Å². The molecule has 30 heavy (non-hydrogen) atoms. The van der Waals surface area contributed by atoms with E-state index in [0.29, 0.717) is 27.1 Å². The molecule has 0 aliphatic heterocycles. The topological polar surface area (TPSA) is 0 Å². The van der Waals surface area contributed by atoms with Gasteiger partial charge in [-0.15, -0.1) is 0 Å². The maximum absolute atomic E-state index is 4.56. The number of hydrogen-bond donors (Lipinski definition) is 0. The van der Waals surface area contributed by atoms with E-state index in [0.717, 1.165) is 29.6 Å². The molecule has 5 saturated carbocycles. The molecular weight excluding hydrogens is 360 g/mol. The summed E-state index contributed by atoms with van der Waals surface area (Å²) in [4.78, 5) is 0. The molecule has 0 aromatic carbocycles. The van der Waals surface area contributed by atoms with Gasteiger partial charge in [-0.05, 0) is 121 Å². The van der Waals surface area contributed by atoms with Gasteiger partial charge in [0.25, 0.3) is 0 Å². The zero-order valence-corrected chi connectivity index (χ0v) is 21.4. The summed E-state index contributed by atoms with van der Waals surface area (Å²) >= 11 is 0. The van der Waals surface area contributed by atoms with Gasteiger partial charge in [0.05, 0.1) is 0 Å². The van der Waals surface area contributed by atoms with Crippen LogP contribution in [0.4, 0.5) is 0 Å². The van der Waals surface area contributed by atoms with E-state index in [1.54, 1.807) is 5.57 Å². The summed E-state index contributed by atoms with van der Waals surface area (Å²) in [6, 6.07) is 0. The molecule has 0 aromatic heterocycles. The molecule has 5 aliphatic rings. The van der Waals surface area contributed by atoms with Crippen LogP contribution in [0.15, 0.2) is 12.2 Å². The SMILES string of the molecule is C=C1CC[C@]2(C)CC[C@]3(C)C(CCC4[C@@]5(C)CCCC(C)(C)C5CC[C@]43C)C2[C@@H]1C. The Morgan fingerprint density at radius 1 is 0.733 bits per heavy atom. The van der Waals surface area contributed by atoms with E-state index >= 15 is 0 Å². The molecule has 0 bridgehead atoms. The minimum absolute atomic E-state index is 0.529. The Labute approximate surface area is 188 Å². The second-order valence-corrected chi connectivity index (χ2v) is 14.6. The van der Waals surface area contributed by atoms with Gasteiger partial charge in [0.15, 0.2) is 0 Å². The molecule has 0 radical (unpaired) electrons. The van der Waals surface area contributed by atoms with Gasteiger partial charge in [-0.1, -0.05) is 67.0 Å². The third-order valence-electron chi connectivity index (χ3n) is 13.3. The molecule has 0 aromatic rings. The smallest absolute Gasteiger partial charge is 0.0198 e. The first-order chi connectivity index (χ1) is 13.9. The fourth-order valence-corrected chi connectivity index (χ4v) is 11.5. The lowest BCUT2D eigenvalue weighted by atomic mass is 9.31. The molecule has 0 heteroatoms. The van der Waals surface area contributed by atoms with Gasteiger partial charge in [0.1, 0.15) is 0 Å². The predicted molar refractivity (Wildman–Crippen MR) is 129 cm³/mol. The lowest BCUT2D eigenvalue weighted by Crippen LogP contribution is -2.66.